The second-order valence-electron chi connectivity index (χ2n) is 5.05. The van der Waals surface area contributed by atoms with Crippen molar-refractivity contribution in [2.24, 2.45) is 5.92 Å². The number of aromatic nitrogens is 2. The van der Waals surface area contributed by atoms with Crippen molar-refractivity contribution in [3.63, 3.8) is 0 Å². The van der Waals surface area contributed by atoms with Crippen LogP contribution in [0.2, 0.25) is 0 Å². The van der Waals surface area contributed by atoms with Gasteiger partial charge in [-0.15, -0.1) is 0 Å². The first-order valence-electron chi connectivity index (χ1n) is 6.55. The Labute approximate surface area is 116 Å². The van der Waals surface area contributed by atoms with Gasteiger partial charge in [-0.05, 0) is 38.5 Å². The second kappa shape index (κ2) is 4.96. The molecule has 2 heterocycles. The highest BCUT2D eigenvalue weighted by molar-refractivity contribution is 5.83. The van der Waals surface area contributed by atoms with Crippen molar-refractivity contribution >= 4 is 11.9 Å². The summed E-state index contributed by atoms with van der Waals surface area (Å²) in [6.45, 7) is 3.77. The Kier molecular flexibility index (Phi) is 3.14. The zero-order valence-electron chi connectivity index (χ0n) is 11.4. The molecule has 0 saturated heterocycles. The molecule has 20 heavy (non-hydrogen) atoms. The van der Waals surface area contributed by atoms with Crippen LogP contribution in [0.3, 0.4) is 0 Å². The summed E-state index contributed by atoms with van der Waals surface area (Å²) in [5.74, 6) is 1.36. The lowest BCUT2D eigenvalue weighted by Gasteiger charge is -2.07. The summed E-state index contributed by atoms with van der Waals surface area (Å²) in [6, 6.07) is 5.61. The molecule has 2 atom stereocenters. The third-order valence-electron chi connectivity index (χ3n) is 3.32. The first-order chi connectivity index (χ1) is 9.63. The van der Waals surface area contributed by atoms with E-state index in [4.69, 9.17) is 4.42 Å². The molecular formula is C14H16N4O2. The van der Waals surface area contributed by atoms with E-state index in [1.165, 1.54) is 0 Å². The molecule has 104 valence electrons. The van der Waals surface area contributed by atoms with Crippen molar-refractivity contribution in [1.82, 2.24) is 15.4 Å². The number of hydrazine groups is 1. The highest BCUT2D eigenvalue weighted by atomic mass is 16.3. The van der Waals surface area contributed by atoms with E-state index in [0.717, 1.165) is 23.6 Å². The maximum atomic E-state index is 12.0. The minimum Gasteiger partial charge on any atom is -0.469 e. The van der Waals surface area contributed by atoms with E-state index in [1.807, 2.05) is 32.0 Å². The van der Waals surface area contributed by atoms with Gasteiger partial charge in [0, 0.05) is 17.3 Å². The molecule has 2 N–H and O–H groups in total. The van der Waals surface area contributed by atoms with Gasteiger partial charge in [-0.3, -0.25) is 15.6 Å². The maximum absolute atomic E-state index is 12.0. The Balaban J connectivity index is 1.55. The minimum atomic E-state index is -0.0610. The Morgan fingerprint density at radius 1 is 1.35 bits per heavy atom. The molecule has 2 unspecified atom stereocenters. The molecule has 0 aliphatic heterocycles. The molecule has 0 bridgehead atoms. The van der Waals surface area contributed by atoms with E-state index >= 15 is 0 Å². The fraction of sp³-hybridized carbons (Fsp3) is 0.357. The summed E-state index contributed by atoms with van der Waals surface area (Å²) in [7, 11) is 0. The van der Waals surface area contributed by atoms with Gasteiger partial charge < -0.3 is 4.42 Å². The van der Waals surface area contributed by atoms with Crippen LogP contribution in [0, 0.1) is 19.8 Å². The van der Waals surface area contributed by atoms with Crippen molar-refractivity contribution in [2.45, 2.75) is 26.2 Å². The molecule has 6 nitrogen and oxygen atoms in total. The van der Waals surface area contributed by atoms with Crippen LogP contribution in [0.15, 0.2) is 28.9 Å². The molecule has 2 aromatic rings. The van der Waals surface area contributed by atoms with Gasteiger partial charge in [0.05, 0.1) is 12.2 Å². The first kappa shape index (κ1) is 12.7. The lowest BCUT2D eigenvalue weighted by atomic mass is 10.2. The zero-order chi connectivity index (χ0) is 14.1. The Morgan fingerprint density at radius 3 is 2.75 bits per heavy atom. The Morgan fingerprint density at radius 2 is 2.10 bits per heavy atom. The quantitative estimate of drug-likeness (QED) is 0.831. The van der Waals surface area contributed by atoms with E-state index in [-0.39, 0.29) is 17.7 Å². The predicted octanol–water partition coefficient (Wildman–Crippen LogP) is 1.93. The average molecular weight is 272 g/mol. The van der Waals surface area contributed by atoms with Gasteiger partial charge in [0.2, 0.25) is 11.9 Å². The van der Waals surface area contributed by atoms with Crippen LogP contribution in [0.1, 0.15) is 29.5 Å². The number of carbonyl (C=O) groups is 1. The fourth-order valence-corrected chi connectivity index (χ4v) is 2.29. The molecular weight excluding hydrogens is 256 g/mol. The van der Waals surface area contributed by atoms with Gasteiger partial charge in [0.1, 0.15) is 5.76 Å². The van der Waals surface area contributed by atoms with Gasteiger partial charge >= 0.3 is 0 Å². The van der Waals surface area contributed by atoms with Crippen molar-refractivity contribution in [2.75, 3.05) is 5.43 Å². The number of hydrogen-bond donors (Lipinski definition) is 2. The molecule has 6 heteroatoms. The molecule has 1 aliphatic carbocycles. The van der Waals surface area contributed by atoms with Crippen molar-refractivity contribution < 1.29 is 9.21 Å². The number of nitrogens with one attached hydrogen (secondary N) is 2. The number of amides is 1. The molecule has 1 aliphatic rings. The number of rotatable bonds is 4. The molecule has 1 fully saturated rings. The molecule has 1 saturated carbocycles. The van der Waals surface area contributed by atoms with Gasteiger partial charge in [-0.25, -0.2) is 9.97 Å². The second-order valence-corrected chi connectivity index (χ2v) is 5.05. The van der Waals surface area contributed by atoms with Crippen molar-refractivity contribution in [3.8, 4) is 0 Å². The molecule has 0 aromatic carbocycles. The minimum absolute atomic E-state index is 0.0421. The van der Waals surface area contributed by atoms with E-state index in [9.17, 15) is 4.79 Å². The van der Waals surface area contributed by atoms with E-state index in [0.29, 0.717) is 5.95 Å². The standard InChI is InChI=1S/C14H16N4O2/c1-8-6-9(2)16-14(15-8)18-17-13(19)11-7-10(11)12-4-3-5-20-12/h3-6,10-11H,7H2,1-2H3,(H,17,19)(H,15,16,18). The number of nitrogens with zero attached hydrogens (tertiary/aromatic N) is 2. The Bertz CT molecular complexity index is 604. The molecule has 2 aromatic heterocycles. The summed E-state index contributed by atoms with van der Waals surface area (Å²) in [5.41, 5.74) is 7.12. The van der Waals surface area contributed by atoms with Crippen LogP contribution in [0.25, 0.3) is 0 Å². The third-order valence-corrected chi connectivity index (χ3v) is 3.32. The summed E-state index contributed by atoms with van der Waals surface area (Å²) in [4.78, 5) is 20.4. The van der Waals surface area contributed by atoms with E-state index in [1.54, 1.807) is 6.26 Å². The normalized spacial score (nSPS) is 20.5. The SMILES string of the molecule is Cc1cc(C)nc(NNC(=O)C2CC2c2ccco2)n1. The average Bonchev–Trinajstić information content (AvgIpc) is 3.01. The molecule has 0 spiro atoms. The highest BCUT2D eigenvalue weighted by Gasteiger charge is 2.45. The number of anilines is 1. The summed E-state index contributed by atoms with van der Waals surface area (Å²) in [5, 5.41) is 0. The van der Waals surface area contributed by atoms with Crippen LogP contribution in [-0.2, 0) is 4.79 Å². The van der Waals surface area contributed by atoms with Crippen LogP contribution in [0.5, 0.6) is 0 Å². The number of furan rings is 1. The smallest absolute Gasteiger partial charge is 0.242 e. The maximum Gasteiger partial charge on any atom is 0.242 e. The topological polar surface area (TPSA) is 80.0 Å². The van der Waals surface area contributed by atoms with Gasteiger partial charge in [-0.1, -0.05) is 0 Å². The van der Waals surface area contributed by atoms with Crippen LogP contribution < -0.4 is 10.9 Å². The monoisotopic (exact) mass is 272 g/mol. The van der Waals surface area contributed by atoms with Gasteiger partial charge in [0.15, 0.2) is 0 Å². The molecule has 3 rings (SSSR count). The molecule has 0 radical (unpaired) electrons. The Hall–Kier alpha value is -2.37. The van der Waals surface area contributed by atoms with Crippen molar-refractivity contribution in [3.05, 3.63) is 41.6 Å². The summed E-state index contributed by atoms with van der Waals surface area (Å²) >= 11 is 0. The first-order valence-corrected chi connectivity index (χ1v) is 6.55. The summed E-state index contributed by atoms with van der Waals surface area (Å²) < 4.78 is 5.31. The third kappa shape index (κ3) is 2.64. The van der Waals surface area contributed by atoms with Crippen LogP contribution in [-0.4, -0.2) is 15.9 Å². The number of hydrogen-bond acceptors (Lipinski definition) is 5. The van der Waals surface area contributed by atoms with E-state index < -0.39 is 0 Å². The predicted molar refractivity (Wildman–Crippen MR) is 72.8 cm³/mol. The van der Waals surface area contributed by atoms with Crippen LogP contribution in [0.4, 0.5) is 5.95 Å². The van der Waals surface area contributed by atoms with E-state index in [2.05, 4.69) is 20.8 Å². The highest BCUT2D eigenvalue weighted by Crippen LogP contribution is 2.47. The van der Waals surface area contributed by atoms with Gasteiger partial charge in [0.25, 0.3) is 0 Å². The summed E-state index contributed by atoms with van der Waals surface area (Å²) in [6.07, 6.45) is 2.44. The van der Waals surface area contributed by atoms with Crippen molar-refractivity contribution in [1.29, 1.82) is 0 Å². The van der Waals surface area contributed by atoms with Crippen LogP contribution >= 0.6 is 0 Å². The number of aryl methyl sites for hydroxylation is 2. The molecule has 1 amide bonds. The number of carbonyl (C=O) groups excluding carboxylic acids is 1. The zero-order valence-corrected chi connectivity index (χ0v) is 11.4. The lowest BCUT2D eigenvalue weighted by Crippen LogP contribution is -2.32. The van der Waals surface area contributed by atoms with Gasteiger partial charge in [-0.2, -0.15) is 0 Å². The largest absolute Gasteiger partial charge is 0.469 e. The lowest BCUT2D eigenvalue weighted by molar-refractivity contribution is -0.121. The fourth-order valence-electron chi connectivity index (χ4n) is 2.29.